The lowest BCUT2D eigenvalue weighted by Gasteiger charge is -2.57. The minimum Gasteiger partial charge on any atom is -0.370 e. The summed E-state index contributed by atoms with van der Waals surface area (Å²) < 4.78 is 7.47. The highest BCUT2D eigenvalue weighted by Crippen LogP contribution is 2.74. The molecule has 1 unspecified atom stereocenters. The van der Waals surface area contributed by atoms with Crippen molar-refractivity contribution < 1.29 is 4.74 Å². The van der Waals surface area contributed by atoms with Crippen molar-refractivity contribution >= 4 is 22.6 Å². The summed E-state index contributed by atoms with van der Waals surface area (Å²) in [6.45, 7) is 7.43. The Hall–Kier alpha value is 0.690. The van der Waals surface area contributed by atoms with Gasteiger partial charge in [-0.3, -0.25) is 0 Å². The van der Waals surface area contributed by atoms with Gasteiger partial charge < -0.3 is 4.74 Å². The van der Waals surface area contributed by atoms with Crippen LogP contribution in [0.4, 0.5) is 0 Å². The van der Waals surface area contributed by atoms with Gasteiger partial charge in [0, 0.05) is 16.3 Å². The Bertz CT molecular complexity index is 293. The lowest BCUT2D eigenvalue weighted by atomic mass is 9.61. The molecule has 3 rings (SSSR count). The standard InChI is InChI=1S/C13H21IO/c1-11(2)9-4-5-12(11,3)13(6-9)7-10(8-14)15-13/h9-10H,4-8H2,1-3H3/t9-,10?,12-,13+/m1/s1. The quantitative estimate of drug-likeness (QED) is 0.527. The number of hydrogen-bond donors (Lipinski definition) is 0. The second-order valence-electron chi connectivity index (χ2n) is 6.59. The van der Waals surface area contributed by atoms with E-state index < -0.39 is 0 Å². The van der Waals surface area contributed by atoms with Crippen molar-refractivity contribution in [2.75, 3.05) is 4.43 Å². The monoisotopic (exact) mass is 320 g/mol. The first-order chi connectivity index (χ1) is 6.95. The summed E-state index contributed by atoms with van der Waals surface area (Å²) in [7, 11) is 0. The molecule has 4 atom stereocenters. The molecular formula is C13H21IO. The average Bonchev–Trinajstić information content (AvgIpc) is 2.44. The van der Waals surface area contributed by atoms with Gasteiger partial charge in [-0.25, -0.2) is 0 Å². The van der Waals surface area contributed by atoms with Gasteiger partial charge in [0.15, 0.2) is 0 Å². The SMILES string of the molecule is CC1(C)[C@@H]2CC[C@@]1(C)[C@@]1(CC(CI)O1)C2. The van der Waals surface area contributed by atoms with Gasteiger partial charge in [-0.2, -0.15) is 0 Å². The topological polar surface area (TPSA) is 9.23 Å². The van der Waals surface area contributed by atoms with Gasteiger partial charge in [-0.1, -0.05) is 43.4 Å². The molecule has 0 aromatic heterocycles. The van der Waals surface area contributed by atoms with Crippen LogP contribution in [-0.4, -0.2) is 16.1 Å². The Kier molecular flexibility index (Phi) is 2.11. The van der Waals surface area contributed by atoms with E-state index in [0.29, 0.717) is 16.9 Å². The van der Waals surface area contributed by atoms with E-state index in [1.165, 1.54) is 30.1 Å². The van der Waals surface area contributed by atoms with Gasteiger partial charge in [-0.05, 0) is 30.6 Å². The van der Waals surface area contributed by atoms with Crippen molar-refractivity contribution in [3.05, 3.63) is 0 Å². The zero-order valence-electron chi connectivity index (χ0n) is 9.98. The van der Waals surface area contributed by atoms with Crippen molar-refractivity contribution in [1.82, 2.24) is 0 Å². The average molecular weight is 320 g/mol. The fraction of sp³-hybridized carbons (Fsp3) is 1.00. The van der Waals surface area contributed by atoms with Gasteiger partial charge >= 0.3 is 0 Å². The van der Waals surface area contributed by atoms with Crippen LogP contribution in [0, 0.1) is 16.7 Å². The van der Waals surface area contributed by atoms with Gasteiger partial charge in [0.2, 0.25) is 0 Å². The number of alkyl halides is 1. The third-order valence-electron chi connectivity index (χ3n) is 6.14. The third kappa shape index (κ3) is 1.04. The van der Waals surface area contributed by atoms with E-state index in [2.05, 4.69) is 43.4 Å². The van der Waals surface area contributed by atoms with E-state index in [4.69, 9.17) is 4.74 Å². The molecule has 86 valence electrons. The predicted octanol–water partition coefficient (Wildman–Crippen LogP) is 3.80. The molecule has 0 amide bonds. The van der Waals surface area contributed by atoms with Crippen LogP contribution in [0.5, 0.6) is 0 Å². The molecule has 1 saturated heterocycles. The van der Waals surface area contributed by atoms with E-state index >= 15 is 0 Å². The summed E-state index contributed by atoms with van der Waals surface area (Å²) in [6.07, 6.45) is 6.04. The van der Waals surface area contributed by atoms with Crippen molar-refractivity contribution in [2.45, 2.75) is 58.2 Å². The summed E-state index contributed by atoms with van der Waals surface area (Å²) in [6, 6.07) is 0. The maximum atomic E-state index is 6.30. The maximum absolute atomic E-state index is 6.30. The highest BCUT2D eigenvalue weighted by molar-refractivity contribution is 14.1. The molecule has 3 fully saturated rings. The number of hydrogen-bond acceptors (Lipinski definition) is 1. The number of halogens is 1. The Morgan fingerprint density at radius 2 is 1.93 bits per heavy atom. The smallest absolute Gasteiger partial charge is 0.0772 e. The molecule has 0 aromatic rings. The van der Waals surface area contributed by atoms with Gasteiger partial charge in [-0.15, -0.1) is 0 Å². The molecule has 1 aliphatic heterocycles. The van der Waals surface area contributed by atoms with Crippen LogP contribution in [0.1, 0.15) is 46.5 Å². The predicted molar refractivity (Wildman–Crippen MR) is 70.3 cm³/mol. The van der Waals surface area contributed by atoms with Gasteiger partial charge in [0.1, 0.15) is 0 Å². The number of ether oxygens (including phenoxy) is 1. The molecule has 2 heteroatoms. The van der Waals surface area contributed by atoms with Crippen LogP contribution in [0.15, 0.2) is 0 Å². The minimum absolute atomic E-state index is 0.273. The fourth-order valence-electron chi connectivity index (χ4n) is 4.64. The molecule has 0 aromatic carbocycles. The van der Waals surface area contributed by atoms with E-state index in [-0.39, 0.29) is 5.60 Å². The van der Waals surface area contributed by atoms with Gasteiger partial charge in [0.05, 0.1) is 11.7 Å². The Morgan fingerprint density at radius 3 is 2.33 bits per heavy atom. The van der Waals surface area contributed by atoms with E-state index in [1.807, 2.05) is 0 Å². The van der Waals surface area contributed by atoms with Crippen LogP contribution in [-0.2, 0) is 4.74 Å². The first-order valence-corrected chi connectivity index (χ1v) is 7.71. The molecule has 0 radical (unpaired) electrons. The second kappa shape index (κ2) is 2.92. The zero-order valence-corrected chi connectivity index (χ0v) is 12.1. The highest BCUT2D eigenvalue weighted by atomic mass is 127. The highest BCUT2D eigenvalue weighted by Gasteiger charge is 2.72. The van der Waals surface area contributed by atoms with Crippen molar-refractivity contribution in [1.29, 1.82) is 0 Å². The van der Waals surface area contributed by atoms with Crippen molar-refractivity contribution in [3.63, 3.8) is 0 Å². The Labute approximate surface area is 106 Å². The summed E-state index contributed by atoms with van der Waals surface area (Å²) in [5.41, 5.74) is 1.23. The first-order valence-electron chi connectivity index (χ1n) is 6.19. The van der Waals surface area contributed by atoms with Crippen LogP contribution in [0.3, 0.4) is 0 Å². The Morgan fingerprint density at radius 1 is 1.27 bits per heavy atom. The lowest BCUT2D eigenvalue weighted by molar-refractivity contribution is -0.256. The van der Waals surface area contributed by atoms with Crippen LogP contribution >= 0.6 is 22.6 Å². The van der Waals surface area contributed by atoms with Gasteiger partial charge in [0.25, 0.3) is 0 Å². The fourth-order valence-corrected chi connectivity index (χ4v) is 5.13. The molecule has 1 nitrogen and oxygen atoms in total. The van der Waals surface area contributed by atoms with Crippen molar-refractivity contribution in [3.8, 4) is 0 Å². The van der Waals surface area contributed by atoms with Crippen LogP contribution < -0.4 is 0 Å². The first kappa shape index (κ1) is 10.8. The van der Waals surface area contributed by atoms with E-state index in [1.54, 1.807) is 0 Å². The third-order valence-corrected chi connectivity index (χ3v) is 7.12. The minimum atomic E-state index is 0.273. The largest absolute Gasteiger partial charge is 0.370 e. The summed E-state index contributed by atoms with van der Waals surface area (Å²) in [5.74, 6) is 0.915. The normalized spacial score (nSPS) is 56.0. The second-order valence-corrected chi connectivity index (χ2v) is 7.47. The molecule has 3 aliphatic rings. The Balaban J connectivity index is 1.91. The lowest BCUT2D eigenvalue weighted by Crippen LogP contribution is -2.60. The van der Waals surface area contributed by atoms with E-state index in [0.717, 1.165) is 5.92 Å². The summed E-state index contributed by atoms with van der Waals surface area (Å²) in [5, 5.41) is 0. The zero-order chi connectivity index (χ0) is 10.9. The molecule has 15 heavy (non-hydrogen) atoms. The molecule has 0 N–H and O–H groups in total. The number of fused-ring (bicyclic) bond motifs is 3. The van der Waals surface area contributed by atoms with Crippen LogP contribution in [0.25, 0.3) is 0 Å². The summed E-state index contributed by atoms with van der Waals surface area (Å²) in [4.78, 5) is 0. The maximum Gasteiger partial charge on any atom is 0.0772 e. The molecule has 2 bridgehead atoms. The molecular weight excluding hydrogens is 299 g/mol. The van der Waals surface area contributed by atoms with E-state index in [9.17, 15) is 0 Å². The molecule has 1 heterocycles. The van der Waals surface area contributed by atoms with Crippen molar-refractivity contribution in [2.24, 2.45) is 16.7 Å². The summed E-state index contributed by atoms with van der Waals surface area (Å²) >= 11 is 2.45. The van der Waals surface area contributed by atoms with Crippen LogP contribution in [0.2, 0.25) is 0 Å². The molecule has 2 aliphatic carbocycles. The molecule has 1 spiro atoms. The number of rotatable bonds is 1. The molecule has 2 saturated carbocycles.